The fraction of sp³-hybridized carbons (Fsp3) is 0.217. The summed E-state index contributed by atoms with van der Waals surface area (Å²) in [5.41, 5.74) is 4.00. The molecule has 0 atom stereocenters. The van der Waals surface area contributed by atoms with Crippen LogP contribution >= 0.6 is 23.2 Å². The zero-order valence-corrected chi connectivity index (χ0v) is 18.4. The number of benzene rings is 2. The van der Waals surface area contributed by atoms with Gasteiger partial charge in [0, 0.05) is 46.2 Å². The Morgan fingerprint density at radius 1 is 1.06 bits per heavy atom. The predicted molar refractivity (Wildman–Crippen MR) is 122 cm³/mol. The molecule has 32 heavy (non-hydrogen) atoms. The summed E-state index contributed by atoms with van der Waals surface area (Å²) in [5, 5.41) is 21.8. The van der Waals surface area contributed by atoms with Gasteiger partial charge in [-0.3, -0.25) is 13.9 Å². The molecule has 2 aromatic heterocycles. The number of aromatic hydroxyl groups is 1. The highest BCUT2D eigenvalue weighted by Gasteiger charge is 2.29. The van der Waals surface area contributed by atoms with Crippen molar-refractivity contribution in [3.8, 4) is 5.88 Å². The van der Waals surface area contributed by atoms with Crippen molar-refractivity contribution in [1.82, 2.24) is 13.7 Å². The fourth-order valence-corrected chi connectivity index (χ4v) is 4.97. The summed E-state index contributed by atoms with van der Waals surface area (Å²) < 4.78 is 4.80. The van der Waals surface area contributed by atoms with Crippen LogP contribution in [-0.4, -0.2) is 29.9 Å². The van der Waals surface area contributed by atoms with Crippen LogP contribution in [0.15, 0.2) is 47.3 Å². The quantitative estimate of drug-likeness (QED) is 0.403. The Morgan fingerprint density at radius 3 is 2.59 bits per heavy atom. The number of carboxylic acids is 1. The molecule has 3 heterocycles. The van der Waals surface area contributed by atoms with Crippen LogP contribution in [0.5, 0.6) is 5.88 Å². The molecular weight excluding hydrogens is 453 g/mol. The number of para-hydroxylation sites is 1. The van der Waals surface area contributed by atoms with E-state index >= 15 is 0 Å². The zero-order chi connectivity index (χ0) is 22.6. The first-order chi connectivity index (χ1) is 15.3. The number of hydrogen-bond donors (Lipinski definition) is 2. The minimum absolute atomic E-state index is 0.0780. The minimum atomic E-state index is -1.03. The molecule has 4 aromatic rings. The van der Waals surface area contributed by atoms with Crippen molar-refractivity contribution in [2.75, 3.05) is 0 Å². The maximum Gasteiger partial charge on any atom is 0.331 e. The first-order valence-electron chi connectivity index (χ1n) is 10.1. The molecule has 9 heteroatoms. The van der Waals surface area contributed by atoms with E-state index < -0.39 is 11.7 Å². The van der Waals surface area contributed by atoms with E-state index in [0.29, 0.717) is 28.7 Å². The average molecular weight is 472 g/mol. The molecule has 0 fully saturated rings. The Morgan fingerprint density at radius 2 is 1.84 bits per heavy atom. The van der Waals surface area contributed by atoms with Gasteiger partial charge in [-0.1, -0.05) is 47.5 Å². The van der Waals surface area contributed by atoms with Gasteiger partial charge in [-0.05, 0) is 29.3 Å². The second kappa shape index (κ2) is 7.76. The van der Waals surface area contributed by atoms with Crippen LogP contribution < -0.4 is 5.69 Å². The monoisotopic (exact) mass is 471 g/mol. The number of imidazole rings is 1. The second-order valence-corrected chi connectivity index (χ2v) is 8.72. The van der Waals surface area contributed by atoms with Gasteiger partial charge in [0.15, 0.2) is 0 Å². The van der Waals surface area contributed by atoms with E-state index in [1.807, 2.05) is 30.3 Å². The number of aromatic nitrogens is 3. The molecule has 0 bridgehead atoms. The Labute approximate surface area is 192 Å². The van der Waals surface area contributed by atoms with Crippen molar-refractivity contribution in [1.29, 1.82) is 0 Å². The summed E-state index contributed by atoms with van der Waals surface area (Å²) in [6.45, 7) is 0.698. The summed E-state index contributed by atoms with van der Waals surface area (Å²) in [7, 11) is 0. The minimum Gasteiger partial charge on any atom is -0.493 e. The van der Waals surface area contributed by atoms with Crippen molar-refractivity contribution >= 4 is 40.1 Å². The van der Waals surface area contributed by atoms with Crippen LogP contribution in [0.3, 0.4) is 0 Å². The van der Waals surface area contributed by atoms with E-state index in [-0.39, 0.29) is 25.4 Å². The van der Waals surface area contributed by atoms with Gasteiger partial charge in [-0.2, -0.15) is 0 Å². The van der Waals surface area contributed by atoms with E-state index in [0.717, 1.165) is 32.3 Å². The molecule has 0 unspecified atom stereocenters. The Kier molecular flexibility index (Phi) is 5.03. The topological polar surface area (TPSA) is 89.4 Å². The van der Waals surface area contributed by atoms with Gasteiger partial charge in [-0.25, -0.2) is 4.79 Å². The lowest BCUT2D eigenvalue weighted by molar-refractivity contribution is -0.137. The number of hydrogen-bond acceptors (Lipinski definition) is 3. The summed E-state index contributed by atoms with van der Waals surface area (Å²) in [6.07, 6.45) is 0.131. The number of halogens is 2. The van der Waals surface area contributed by atoms with E-state index in [9.17, 15) is 14.7 Å². The van der Waals surface area contributed by atoms with Crippen LogP contribution in [-0.2, 0) is 30.8 Å². The molecule has 0 amide bonds. The molecule has 0 aliphatic carbocycles. The molecule has 7 nitrogen and oxygen atoms in total. The molecule has 1 aliphatic heterocycles. The average Bonchev–Trinajstić information content (AvgIpc) is 3.19. The van der Waals surface area contributed by atoms with Crippen LogP contribution in [0, 0.1) is 0 Å². The number of nitrogens with zero attached hydrogens (tertiary/aromatic N) is 3. The summed E-state index contributed by atoms with van der Waals surface area (Å²) in [6, 6.07) is 13.4. The van der Waals surface area contributed by atoms with E-state index in [2.05, 4.69) is 4.57 Å². The molecule has 0 saturated heterocycles. The van der Waals surface area contributed by atoms with Gasteiger partial charge < -0.3 is 14.8 Å². The lowest BCUT2D eigenvalue weighted by atomic mass is 10.0. The van der Waals surface area contributed by atoms with Crippen LogP contribution in [0.2, 0.25) is 10.0 Å². The van der Waals surface area contributed by atoms with Crippen molar-refractivity contribution in [3.63, 3.8) is 0 Å². The fourth-order valence-electron chi connectivity index (χ4n) is 4.50. The lowest BCUT2D eigenvalue weighted by Gasteiger charge is -2.19. The third kappa shape index (κ3) is 3.29. The maximum atomic E-state index is 13.0. The molecule has 2 N–H and O–H groups in total. The van der Waals surface area contributed by atoms with Crippen LogP contribution in [0.1, 0.15) is 28.9 Å². The van der Waals surface area contributed by atoms with E-state index in [4.69, 9.17) is 28.3 Å². The van der Waals surface area contributed by atoms with Gasteiger partial charge >= 0.3 is 11.7 Å². The molecule has 0 spiro atoms. The molecule has 1 aliphatic rings. The standard InChI is InChI=1S/C23H19Cl2N3O4/c24-14-6-5-13(17(25)9-14)11-27-18-4-2-1-3-15(18)16-10-19-22(31)26(8-7-21(29)30)23(32)28(19)12-20(16)27/h1-6,9,31H,7-8,10-12H2,(H,29,30). The van der Waals surface area contributed by atoms with Crippen LogP contribution in [0.25, 0.3) is 10.9 Å². The predicted octanol–water partition coefficient (Wildman–Crippen LogP) is 4.09. The van der Waals surface area contributed by atoms with E-state index in [1.54, 1.807) is 12.1 Å². The number of rotatable bonds is 5. The molecule has 0 saturated carbocycles. The normalized spacial score (nSPS) is 12.7. The van der Waals surface area contributed by atoms with Crippen molar-refractivity contribution < 1.29 is 15.0 Å². The van der Waals surface area contributed by atoms with Crippen molar-refractivity contribution in [2.45, 2.75) is 32.5 Å². The Hall–Kier alpha value is -3.16. The van der Waals surface area contributed by atoms with Gasteiger partial charge in [0.2, 0.25) is 5.88 Å². The third-order valence-electron chi connectivity index (χ3n) is 6.04. The number of carboxylic acid groups (broad SMARTS) is 1. The van der Waals surface area contributed by atoms with E-state index in [1.165, 1.54) is 4.57 Å². The molecular formula is C23H19Cl2N3O4. The lowest BCUT2D eigenvalue weighted by Crippen LogP contribution is -2.29. The summed E-state index contributed by atoms with van der Waals surface area (Å²) in [5.74, 6) is -1.19. The van der Waals surface area contributed by atoms with Gasteiger partial charge in [0.05, 0.1) is 18.7 Å². The number of aliphatic carboxylic acids is 1. The molecule has 164 valence electrons. The SMILES string of the molecule is O=C(O)CCn1c(O)c2n(c1=O)Cc1c(c3ccccc3n1Cc1ccc(Cl)cc1Cl)C2. The largest absolute Gasteiger partial charge is 0.493 e. The highest BCUT2D eigenvalue weighted by molar-refractivity contribution is 6.35. The molecule has 2 aromatic carbocycles. The Balaban J connectivity index is 1.63. The highest BCUT2D eigenvalue weighted by Crippen LogP contribution is 2.36. The summed E-state index contributed by atoms with van der Waals surface area (Å²) in [4.78, 5) is 23.9. The molecule has 0 radical (unpaired) electrons. The summed E-state index contributed by atoms with van der Waals surface area (Å²) >= 11 is 12.5. The molecule has 5 rings (SSSR count). The number of fused-ring (bicyclic) bond motifs is 4. The van der Waals surface area contributed by atoms with Crippen molar-refractivity contribution in [2.24, 2.45) is 0 Å². The zero-order valence-electron chi connectivity index (χ0n) is 16.9. The third-order valence-corrected chi connectivity index (χ3v) is 6.63. The maximum absolute atomic E-state index is 13.0. The smallest absolute Gasteiger partial charge is 0.331 e. The van der Waals surface area contributed by atoms with Crippen molar-refractivity contribution in [3.05, 3.63) is 85.5 Å². The highest BCUT2D eigenvalue weighted by atomic mass is 35.5. The Bertz CT molecular complexity index is 1450. The van der Waals surface area contributed by atoms with Gasteiger partial charge in [-0.15, -0.1) is 0 Å². The number of carbonyl (C=O) groups is 1. The first-order valence-corrected chi connectivity index (χ1v) is 10.9. The van der Waals surface area contributed by atoms with Gasteiger partial charge in [0.1, 0.15) is 0 Å². The second-order valence-electron chi connectivity index (χ2n) is 7.88. The van der Waals surface area contributed by atoms with Crippen LogP contribution in [0.4, 0.5) is 0 Å². The first kappa shape index (κ1) is 20.7. The van der Waals surface area contributed by atoms with Gasteiger partial charge in [0.25, 0.3) is 0 Å².